The minimum Gasteiger partial charge on any atom is -0.239 e. The van der Waals surface area contributed by atoms with Crippen LogP contribution in [0.1, 0.15) is 34.1 Å². The average Bonchev–Trinajstić information content (AvgIpc) is 1.85. The molecule has 0 amide bonds. The van der Waals surface area contributed by atoms with E-state index >= 15 is 0 Å². The molecule has 10 heavy (non-hydrogen) atoms. The lowest BCUT2D eigenvalue weighted by atomic mass is 9.84. The Morgan fingerprint density at radius 1 is 1.60 bits per heavy atom. The van der Waals surface area contributed by atoms with Gasteiger partial charge < -0.3 is 0 Å². The molecule has 0 fully saturated rings. The van der Waals surface area contributed by atoms with Crippen LogP contribution in [0.2, 0.25) is 0 Å². The minimum absolute atomic E-state index is 0.0370. The first-order valence-electron chi connectivity index (χ1n) is 3.80. The van der Waals surface area contributed by atoms with E-state index < -0.39 is 5.67 Å². The molecule has 1 atom stereocenters. The number of alkyl halides is 1. The molecule has 0 aliphatic heterocycles. The molecule has 0 saturated heterocycles. The Morgan fingerprint density at radius 2 is 2.00 bits per heavy atom. The van der Waals surface area contributed by atoms with Crippen LogP contribution >= 0.6 is 0 Å². The molecule has 1 heteroatoms. The van der Waals surface area contributed by atoms with Gasteiger partial charge in [-0.1, -0.05) is 27.4 Å². The van der Waals surface area contributed by atoms with Gasteiger partial charge in [-0.05, 0) is 24.8 Å². The van der Waals surface area contributed by atoms with Gasteiger partial charge in [0.1, 0.15) is 5.67 Å². The average molecular weight is 144 g/mol. The van der Waals surface area contributed by atoms with Crippen molar-refractivity contribution in [1.29, 1.82) is 0 Å². The zero-order valence-electron chi connectivity index (χ0n) is 7.37. The van der Waals surface area contributed by atoms with Crippen LogP contribution in [0.15, 0.2) is 12.2 Å². The first-order valence-corrected chi connectivity index (χ1v) is 3.80. The molecular formula is C9H17F. The first-order chi connectivity index (χ1) is 4.45. The lowest BCUT2D eigenvalue weighted by Crippen LogP contribution is -2.29. The van der Waals surface area contributed by atoms with E-state index in [1.165, 1.54) is 0 Å². The van der Waals surface area contributed by atoms with Crippen molar-refractivity contribution < 1.29 is 4.39 Å². The van der Waals surface area contributed by atoms with Gasteiger partial charge in [-0.3, -0.25) is 0 Å². The summed E-state index contributed by atoms with van der Waals surface area (Å²) >= 11 is 0. The van der Waals surface area contributed by atoms with Crippen molar-refractivity contribution in [2.24, 2.45) is 5.92 Å². The number of allylic oxidation sites excluding steroid dienone is 1. The van der Waals surface area contributed by atoms with Gasteiger partial charge in [0.05, 0.1) is 0 Å². The maximum absolute atomic E-state index is 13.7. The highest BCUT2D eigenvalue weighted by Gasteiger charge is 2.31. The Morgan fingerprint density at radius 3 is 2.00 bits per heavy atom. The smallest absolute Gasteiger partial charge is 0.133 e. The van der Waals surface area contributed by atoms with Gasteiger partial charge in [0.2, 0.25) is 0 Å². The van der Waals surface area contributed by atoms with E-state index in [2.05, 4.69) is 6.58 Å². The number of rotatable bonds is 3. The second-order valence-electron chi connectivity index (χ2n) is 3.15. The lowest BCUT2D eigenvalue weighted by molar-refractivity contribution is 0.139. The minimum atomic E-state index is -1.15. The summed E-state index contributed by atoms with van der Waals surface area (Å²) in [6.45, 7) is 11.0. The summed E-state index contributed by atoms with van der Waals surface area (Å²) in [5.74, 6) is 0.0370. The fourth-order valence-corrected chi connectivity index (χ4v) is 1.20. The van der Waals surface area contributed by atoms with Crippen LogP contribution in [0.4, 0.5) is 4.39 Å². The van der Waals surface area contributed by atoms with Crippen LogP contribution < -0.4 is 0 Å². The van der Waals surface area contributed by atoms with Crippen molar-refractivity contribution in [2.45, 2.75) is 39.8 Å². The van der Waals surface area contributed by atoms with Crippen molar-refractivity contribution in [3.63, 3.8) is 0 Å². The topological polar surface area (TPSA) is 0 Å². The summed E-state index contributed by atoms with van der Waals surface area (Å²) in [4.78, 5) is 0. The van der Waals surface area contributed by atoms with E-state index in [0.717, 1.165) is 0 Å². The summed E-state index contributed by atoms with van der Waals surface area (Å²) in [5.41, 5.74) is -0.509. The van der Waals surface area contributed by atoms with E-state index in [1.54, 1.807) is 6.92 Å². The third-order valence-electron chi connectivity index (χ3n) is 2.14. The maximum atomic E-state index is 13.7. The van der Waals surface area contributed by atoms with Gasteiger partial charge in [0.15, 0.2) is 0 Å². The Bertz CT molecular complexity index is 127. The molecule has 1 unspecified atom stereocenters. The predicted molar refractivity (Wildman–Crippen MR) is 43.8 cm³/mol. The molecule has 0 saturated carbocycles. The van der Waals surface area contributed by atoms with Crippen LogP contribution in [-0.2, 0) is 0 Å². The van der Waals surface area contributed by atoms with Gasteiger partial charge in [-0.2, -0.15) is 0 Å². The fourth-order valence-electron chi connectivity index (χ4n) is 1.20. The molecule has 0 heterocycles. The summed E-state index contributed by atoms with van der Waals surface area (Å²) < 4.78 is 13.7. The monoisotopic (exact) mass is 144 g/mol. The van der Waals surface area contributed by atoms with Crippen molar-refractivity contribution in [3.8, 4) is 0 Å². The normalized spacial score (nSPS) is 17.0. The maximum Gasteiger partial charge on any atom is 0.133 e. The van der Waals surface area contributed by atoms with E-state index in [-0.39, 0.29) is 5.92 Å². The van der Waals surface area contributed by atoms with Gasteiger partial charge in [0, 0.05) is 0 Å². The summed E-state index contributed by atoms with van der Waals surface area (Å²) in [6.07, 6.45) is 0.528. The van der Waals surface area contributed by atoms with Crippen molar-refractivity contribution in [3.05, 3.63) is 12.2 Å². The van der Waals surface area contributed by atoms with E-state index in [1.807, 2.05) is 20.8 Å². The molecule has 0 rings (SSSR count). The molecule has 0 aliphatic rings. The highest BCUT2D eigenvalue weighted by Crippen LogP contribution is 2.32. The third-order valence-corrected chi connectivity index (χ3v) is 2.14. The molecule has 0 nitrogen and oxygen atoms in total. The summed E-state index contributed by atoms with van der Waals surface area (Å²) in [6, 6.07) is 0. The second kappa shape index (κ2) is 3.18. The predicted octanol–water partition coefficient (Wildman–Crippen LogP) is 3.34. The van der Waals surface area contributed by atoms with Crippen LogP contribution in [0.3, 0.4) is 0 Å². The van der Waals surface area contributed by atoms with E-state index in [0.29, 0.717) is 12.0 Å². The first kappa shape index (κ1) is 9.67. The van der Waals surface area contributed by atoms with Crippen LogP contribution in [-0.4, -0.2) is 5.67 Å². The molecule has 0 N–H and O–H groups in total. The molecule has 0 bridgehead atoms. The largest absolute Gasteiger partial charge is 0.239 e. The highest BCUT2D eigenvalue weighted by molar-refractivity contribution is 5.10. The van der Waals surface area contributed by atoms with E-state index in [9.17, 15) is 4.39 Å². The van der Waals surface area contributed by atoms with Crippen molar-refractivity contribution in [2.75, 3.05) is 0 Å². The molecule has 0 aromatic carbocycles. The van der Waals surface area contributed by atoms with Crippen LogP contribution in [0, 0.1) is 5.92 Å². The summed E-state index contributed by atoms with van der Waals surface area (Å²) in [7, 11) is 0. The number of hydrogen-bond acceptors (Lipinski definition) is 0. The van der Waals surface area contributed by atoms with Gasteiger partial charge in [-0.25, -0.2) is 4.39 Å². The van der Waals surface area contributed by atoms with Crippen LogP contribution in [0.5, 0.6) is 0 Å². The molecule has 0 radical (unpaired) electrons. The fraction of sp³-hybridized carbons (Fsp3) is 0.778. The molecule has 0 aromatic heterocycles. The Balaban J connectivity index is 4.38. The summed E-state index contributed by atoms with van der Waals surface area (Å²) in [5, 5.41) is 0. The quantitative estimate of drug-likeness (QED) is 0.533. The molecular weight excluding hydrogens is 127 g/mol. The molecule has 0 aliphatic carbocycles. The molecule has 60 valence electrons. The van der Waals surface area contributed by atoms with Crippen molar-refractivity contribution in [1.82, 2.24) is 0 Å². The van der Waals surface area contributed by atoms with E-state index in [4.69, 9.17) is 0 Å². The zero-order valence-corrected chi connectivity index (χ0v) is 7.37. The van der Waals surface area contributed by atoms with Gasteiger partial charge >= 0.3 is 0 Å². The SMILES string of the molecule is C=C(C)C(F)(CC)C(C)C. The van der Waals surface area contributed by atoms with Gasteiger partial charge in [-0.15, -0.1) is 0 Å². The number of hydrogen-bond donors (Lipinski definition) is 0. The Labute approximate surface area is 63.1 Å². The molecule has 0 spiro atoms. The molecule has 0 aromatic rings. The standard InChI is InChI=1S/C9H17F/c1-6-9(10,7(2)3)8(4)5/h8H,2,6H2,1,3-5H3. The zero-order chi connectivity index (χ0) is 8.36. The lowest BCUT2D eigenvalue weighted by Gasteiger charge is -2.28. The number of halogens is 1. The van der Waals surface area contributed by atoms with Crippen molar-refractivity contribution >= 4 is 0 Å². The highest BCUT2D eigenvalue weighted by atomic mass is 19.1. The Hall–Kier alpha value is -0.330. The Kier molecular flexibility index (Phi) is 3.07. The van der Waals surface area contributed by atoms with Crippen LogP contribution in [0.25, 0.3) is 0 Å². The third kappa shape index (κ3) is 1.59. The van der Waals surface area contributed by atoms with Gasteiger partial charge in [0.25, 0.3) is 0 Å². The second-order valence-corrected chi connectivity index (χ2v) is 3.15.